The molecule has 1 rings (SSSR count). The zero-order chi connectivity index (χ0) is 14.3. The van der Waals surface area contributed by atoms with E-state index in [-0.39, 0.29) is 11.9 Å². The molecule has 0 bridgehead atoms. The van der Waals surface area contributed by atoms with Crippen LogP contribution in [0.1, 0.15) is 46.5 Å². The van der Waals surface area contributed by atoms with Crippen LogP contribution in [0.3, 0.4) is 0 Å². The Morgan fingerprint density at radius 1 is 1.26 bits per heavy atom. The summed E-state index contributed by atoms with van der Waals surface area (Å²) in [5.41, 5.74) is 0. The first-order chi connectivity index (χ1) is 9.08. The Morgan fingerprint density at radius 2 is 1.89 bits per heavy atom. The van der Waals surface area contributed by atoms with E-state index in [4.69, 9.17) is 9.47 Å². The number of rotatable bonds is 7. The quantitative estimate of drug-likeness (QED) is 0.722. The molecule has 1 atom stereocenters. The molecule has 1 unspecified atom stereocenters. The van der Waals surface area contributed by atoms with Gasteiger partial charge in [0.25, 0.3) is 0 Å². The molecule has 0 heterocycles. The first kappa shape index (κ1) is 16.4. The van der Waals surface area contributed by atoms with Crippen LogP contribution in [0, 0.1) is 11.8 Å². The van der Waals surface area contributed by atoms with E-state index >= 15 is 0 Å². The van der Waals surface area contributed by atoms with Gasteiger partial charge >= 0.3 is 5.97 Å². The normalized spacial score (nSPS) is 25.3. The molecule has 0 aromatic rings. The fourth-order valence-electron chi connectivity index (χ4n) is 2.67. The highest BCUT2D eigenvalue weighted by molar-refractivity contribution is 5.72. The van der Waals surface area contributed by atoms with Gasteiger partial charge in [-0.05, 0) is 38.5 Å². The minimum Gasteiger partial charge on any atom is -0.466 e. The monoisotopic (exact) mass is 271 g/mol. The Bertz CT molecular complexity index is 260. The number of esters is 1. The van der Waals surface area contributed by atoms with Crippen molar-refractivity contribution in [2.45, 2.75) is 58.5 Å². The predicted molar refractivity (Wildman–Crippen MR) is 76.0 cm³/mol. The van der Waals surface area contributed by atoms with Crippen molar-refractivity contribution in [2.75, 3.05) is 20.3 Å². The number of nitrogens with one attached hydrogen (secondary N) is 1. The van der Waals surface area contributed by atoms with Crippen molar-refractivity contribution in [3.05, 3.63) is 0 Å². The molecule has 0 aromatic carbocycles. The SMILES string of the molecule is CCOC(=O)C1CCC(NC(COC)C(C)C)CC1. The summed E-state index contributed by atoms with van der Waals surface area (Å²) >= 11 is 0. The van der Waals surface area contributed by atoms with Crippen molar-refractivity contribution >= 4 is 5.97 Å². The van der Waals surface area contributed by atoms with Crippen LogP contribution in [0.2, 0.25) is 0 Å². The Hall–Kier alpha value is -0.610. The highest BCUT2D eigenvalue weighted by Crippen LogP contribution is 2.26. The average Bonchev–Trinajstić information content (AvgIpc) is 2.39. The smallest absolute Gasteiger partial charge is 0.308 e. The molecule has 4 heteroatoms. The highest BCUT2D eigenvalue weighted by atomic mass is 16.5. The third kappa shape index (κ3) is 5.49. The highest BCUT2D eigenvalue weighted by Gasteiger charge is 2.28. The van der Waals surface area contributed by atoms with Crippen LogP contribution in [0.4, 0.5) is 0 Å². The van der Waals surface area contributed by atoms with Gasteiger partial charge in [0, 0.05) is 19.2 Å². The zero-order valence-electron chi connectivity index (χ0n) is 12.8. The van der Waals surface area contributed by atoms with Crippen molar-refractivity contribution in [2.24, 2.45) is 11.8 Å². The van der Waals surface area contributed by atoms with Gasteiger partial charge in [0.15, 0.2) is 0 Å². The molecule has 1 fully saturated rings. The maximum atomic E-state index is 11.7. The fraction of sp³-hybridized carbons (Fsp3) is 0.933. The molecule has 0 amide bonds. The van der Waals surface area contributed by atoms with E-state index in [9.17, 15) is 4.79 Å². The minimum absolute atomic E-state index is 0.0155. The lowest BCUT2D eigenvalue weighted by Gasteiger charge is -2.32. The van der Waals surface area contributed by atoms with Gasteiger partial charge in [-0.1, -0.05) is 13.8 Å². The lowest BCUT2D eigenvalue weighted by Crippen LogP contribution is -2.46. The fourth-order valence-corrected chi connectivity index (χ4v) is 2.67. The van der Waals surface area contributed by atoms with Crippen LogP contribution >= 0.6 is 0 Å². The first-order valence-corrected chi connectivity index (χ1v) is 7.50. The molecular weight excluding hydrogens is 242 g/mol. The molecule has 0 aliphatic heterocycles. The van der Waals surface area contributed by atoms with Crippen molar-refractivity contribution in [3.63, 3.8) is 0 Å². The summed E-state index contributed by atoms with van der Waals surface area (Å²) in [4.78, 5) is 11.7. The van der Waals surface area contributed by atoms with E-state index in [2.05, 4.69) is 19.2 Å². The third-order valence-corrected chi connectivity index (χ3v) is 3.95. The first-order valence-electron chi connectivity index (χ1n) is 7.50. The van der Waals surface area contributed by atoms with Crippen LogP contribution < -0.4 is 5.32 Å². The number of methoxy groups -OCH3 is 1. The summed E-state index contributed by atoms with van der Waals surface area (Å²) in [7, 11) is 1.74. The molecule has 19 heavy (non-hydrogen) atoms. The van der Waals surface area contributed by atoms with E-state index in [1.807, 2.05) is 6.92 Å². The Morgan fingerprint density at radius 3 is 2.37 bits per heavy atom. The standard InChI is InChI=1S/C15H29NO3/c1-5-19-15(17)12-6-8-13(9-7-12)16-14(10-18-4)11(2)3/h11-14,16H,5-10H2,1-4H3. The molecular formula is C15H29NO3. The topological polar surface area (TPSA) is 47.6 Å². The lowest BCUT2D eigenvalue weighted by molar-refractivity contribution is -0.149. The summed E-state index contributed by atoms with van der Waals surface area (Å²) in [5, 5.41) is 3.67. The Balaban J connectivity index is 2.34. The van der Waals surface area contributed by atoms with Crippen LogP contribution in [0.25, 0.3) is 0 Å². The van der Waals surface area contributed by atoms with Gasteiger partial charge in [0.2, 0.25) is 0 Å². The molecule has 4 nitrogen and oxygen atoms in total. The minimum atomic E-state index is -0.0155. The van der Waals surface area contributed by atoms with Crippen molar-refractivity contribution < 1.29 is 14.3 Å². The molecule has 0 spiro atoms. The predicted octanol–water partition coefficient (Wildman–Crippen LogP) is 2.37. The van der Waals surface area contributed by atoms with E-state index in [1.165, 1.54) is 0 Å². The molecule has 1 aliphatic carbocycles. The van der Waals surface area contributed by atoms with Gasteiger partial charge in [0.1, 0.15) is 0 Å². The van der Waals surface area contributed by atoms with Gasteiger partial charge in [-0.2, -0.15) is 0 Å². The number of hydrogen-bond donors (Lipinski definition) is 1. The van der Waals surface area contributed by atoms with Gasteiger partial charge < -0.3 is 14.8 Å². The number of hydrogen-bond acceptors (Lipinski definition) is 4. The van der Waals surface area contributed by atoms with Crippen LogP contribution in [0.5, 0.6) is 0 Å². The van der Waals surface area contributed by atoms with Crippen molar-refractivity contribution in [3.8, 4) is 0 Å². The average molecular weight is 271 g/mol. The molecule has 0 aromatic heterocycles. The molecule has 0 radical (unpaired) electrons. The van der Waals surface area contributed by atoms with E-state index in [1.54, 1.807) is 7.11 Å². The molecule has 1 aliphatic rings. The van der Waals surface area contributed by atoms with Gasteiger partial charge in [-0.25, -0.2) is 0 Å². The summed E-state index contributed by atoms with van der Waals surface area (Å²) < 4.78 is 10.4. The summed E-state index contributed by atoms with van der Waals surface area (Å²) in [5.74, 6) is 0.652. The van der Waals surface area contributed by atoms with Crippen LogP contribution in [0.15, 0.2) is 0 Å². The Kier molecular flexibility index (Phi) is 7.39. The second-order valence-corrected chi connectivity index (χ2v) is 5.77. The van der Waals surface area contributed by atoms with E-state index in [0.717, 1.165) is 32.3 Å². The summed E-state index contributed by atoms with van der Waals surface area (Å²) in [6.07, 6.45) is 3.98. The van der Waals surface area contributed by atoms with Gasteiger partial charge in [-0.3, -0.25) is 4.79 Å². The van der Waals surface area contributed by atoms with Gasteiger partial charge in [0.05, 0.1) is 19.1 Å². The van der Waals surface area contributed by atoms with E-state index < -0.39 is 0 Å². The second kappa shape index (κ2) is 8.54. The molecule has 1 N–H and O–H groups in total. The number of carbonyl (C=O) groups is 1. The van der Waals surface area contributed by atoms with Crippen LogP contribution in [-0.2, 0) is 14.3 Å². The summed E-state index contributed by atoms with van der Waals surface area (Å²) in [6.45, 7) is 7.51. The molecule has 1 saturated carbocycles. The maximum absolute atomic E-state index is 11.7. The van der Waals surface area contributed by atoms with E-state index in [0.29, 0.717) is 24.6 Å². The van der Waals surface area contributed by atoms with Crippen molar-refractivity contribution in [1.82, 2.24) is 5.32 Å². The van der Waals surface area contributed by atoms with Gasteiger partial charge in [-0.15, -0.1) is 0 Å². The number of ether oxygens (including phenoxy) is 2. The third-order valence-electron chi connectivity index (χ3n) is 3.95. The maximum Gasteiger partial charge on any atom is 0.308 e. The van der Waals surface area contributed by atoms with Crippen molar-refractivity contribution in [1.29, 1.82) is 0 Å². The lowest BCUT2D eigenvalue weighted by atomic mass is 9.85. The second-order valence-electron chi connectivity index (χ2n) is 5.77. The number of carbonyl (C=O) groups excluding carboxylic acids is 1. The largest absolute Gasteiger partial charge is 0.466 e. The molecule has 0 saturated heterocycles. The Labute approximate surface area is 117 Å². The van der Waals surface area contributed by atoms with Crippen LogP contribution in [-0.4, -0.2) is 38.4 Å². The zero-order valence-corrected chi connectivity index (χ0v) is 12.8. The molecule has 112 valence electrons. The summed E-state index contributed by atoms with van der Waals surface area (Å²) in [6, 6.07) is 0.905.